The maximum Gasteiger partial charge on any atom is 0.251 e. The highest BCUT2D eigenvalue weighted by atomic mass is 16.5. The number of carbonyl (C=O) groups excluding carboxylic acids is 2. The molecule has 1 aliphatic rings. The molecule has 1 aromatic carbocycles. The Morgan fingerprint density at radius 3 is 2.41 bits per heavy atom. The maximum atomic E-state index is 12.5. The van der Waals surface area contributed by atoms with Crippen molar-refractivity contribution in [1.82, 2.24) is 5.32 Å². The van der Waals surface area contributed by atoms with Gasteiger partial charge in [-0.25, -0.2) is 0 Å². The van der Waals surface area contributed by atoms with E-state index in [1.807, 2.05) is 6.92 Å². The quantitative estimate of drug-likeness (QED) is 0.760. The Kier molecular flexibility index (Phi) is 5.51. The van der Waals surface area contributed by atoms with Gasteiger partial charge in [0, 0.05) is 37.6 Å². The molecule has 1 aliphatic heterocycles. The summed E-state index contributed by atoms with van der Waals surface area (Å²) in [5.74, 6) is -0.202. The normalized spacial score (nSPS) is 16.8. The molecule has 120 valence electrons. The van der Waals surface area contributed by atoms with Crippen LogP contribution in [-0.4, -0.2) is 38.1 Å². The smallest absolute Gasteiger partial charge is 0.251 e. The largest absolute Gasteiger partial charge is 0.381 e. The second-order valence-electron chi connectivity index (χ2n) is 5.49. The Balaban J connectivity index is 2.03. The van der Waals surface area contributed by atoms with Crippen molar-refractivity contribution in [1.29, 1.82) is 0 Å². The molecule has 0 radical (unpaired) electrons. The van der Waals surface area contributed by atoms with E-state index in [0.29, 0.717) is 50.4 Å². The van der Waals surface area contributed by atoms with Crippen molar-refractivity contribution in [3.8, 4) is 0 Å². The third-order valence-electron chi connectivity index (χ3n) is 4.06. The Labute approximate surface area is 130 Å². The summed E-state index contributed by atoms with van der Waals surface area (Å²) in [5, 5.41) is 5.63. The first-order valence-electron chi connectivity index (χ1n) is 7.59. The third kappa shape index (κ3) is 3.64. The second-order valence-corrected chi connectivity index (χ2v) is 5.49. The Morgan fingerprint density at radius 1 is 1.23 bits per heavy atom. The molecule has 1 heterocycles. The van der Waals surface area contributed by atoms with Crippen molar-refractivity contribution in [2.75, 3.05) is 31.6 Å². The standard InChI is InChI=1S/C16H23N3O3/c1-2-18-14(20)12-3-5-13(6-4-12)19-15(21)16(11-17)7-9-22-10-8-16/h3-6H,2,7-11,17H2,1H3,(H,18,20)(H,19,21). The summed E-state index contributed by atoms with van der Waals surface area (Å²) in [6.07, 6.45) is 1.26. The fraction of sp³-hybridized carbons (Fsp3) is 0.500. The number of nitrogens with one attached hydrogen (secondary N) is 2. The zero-order valence-electron chi connectivity index (χ0n) is 12.9. The lowest BCUT2D eigenvalue weighted by Gasteiger charge is -2.34. The van der Waals surface area contributed by atoms with Crippen LogP contribution in [0.2, 0.25) is 0 Å². The molecule has 0 atom stereocenters. The van der Waals surface area contributed by atoms with E-state index in [9.17, 15) is 9.59 Å². The van der Waals surface area contributed by atoms with Crippen LogP contribution in [-0.2, 0) is 9.53 Å². The summed E-state index contributed by atoms with van der Waals surface area (Å²) in [5.41, 5.74) is 6.49. The predicted molar refractivity (Wildman–Crippen MR) is 84.6 cm³/mol. The van der Waals surface area contributed by atoms with E-state index in [1.54, 1.807) is 24.3 Å². The van der Waals surface area contributed by atoms with E-state index < -0.39 is 5.41 Å². The van der Waals surface area contributed by atoms with Gasteiger partial charge in [0.05, 0.1) is 5.41 Å². The highest BCUT2D eigenvalue weighted by Crippen LogP contribution is 2.30. The van der Waals surface area contributed by atoms with Crippen molar-refractivity contribution in [3.05, 3.63) is 29.8 Å². The van der Waals surface area contributed by atoms with E-state index in [0.717, 1.165) is 0 Å². The van der Waals surface area contributed by atoms with Crippen molar-refractivity contribution in [3.63, 3.8) is 0 Å². The molecular formula is C16H23N3O3. The van der Waals surface area contributed by atoms with Gasteiger partial charge in [0.25, 0.3) is 5.91 Å². The molecule has 0 aliphatic carbocycles. The minimum atomic E-state index is -0.559. The Hall–Kier alpha value is -1.92. The van der Waals surface area contributed by atoms with Gasteiger partial charge in [-0.15, -0.1) is 0 Å². The third-order valence-corrected chi connectivity index (χ3v) is 4.06. The zero-order valence-corrected chi connectivity index (χ0v) is 12.9. The number of carbonyl (C=O) groups is 2. The minimum absolute atomic E-state index is 0.0796. The molecule has 1 aromatic rings. The summed E-state index contributed by atoms with van der Waals surface area (Å²) < 4.78 is 5.31. The van der Waals surface area contributed by atoms with Gasteiger partial charge < -0.3 is 21.1 Å². The van der Waals surface area contributed by atoms with Crippen molar-refractivity contribution < 1.29 is 14.3 Å². The number of hydrogen-bond donors (Lipinski definition) is 3. The highest BCUT2D eigenvalue weighted by Gasteiger charge is 2.38. The number of anilines is 1. The lowest BCUT2D eigenvalue weighted by Crippen LogP contribution is -2.46. The van der Waals surface area contributed by atoms with Gasteiger partial charge in [0.2, 0.25) is 5.91 Å². The zero-order chi connectivity index (χ0) is 16.0. The summed E-state index contributed by atoms with van der Waals surface area (Å²) in [7, 11) is 0. The lowest BCUT2D eigenvalue weighted by atomic mass is 9.79. The van der Waals surface area contributed by atoms with Gasteiger partial charge in [-0.3, -0.25) is 9.59 Å². The molecule has 22 heavy (non-hydrogen) atoms. The molecule has 0 spiro atoms. The Bertz CT molecular complexity index is 522. The van der Waals surface area contributed by atoms with Crippen LogP contribution in [0.1, 0.15) is 30.1 Å². The number of amides is 2. The molecule has 4 N–H and O–H groups in total. The van der Waals surface area contributed by atoms with Crippen LogP contribution >= 0.6 is 0 Å². The lowest BCUT2D eigenvalue weighted by molar-refractivity contribution is -0.130. The van der Waals surface area contributed by atoms with Crippen LogP contribution in [0.3, 0.4) is 0 Å². The first-order chi connectivity index (χ1) is 10.6. The number of benzene rings is 1. The molecule has 0 bridgehead atoms. The molecule has 0 unspecified atom stereocenters. The molecule has 2 amide bonds. The van der Waals surface area contributed by atoms with Crippen LogP contribution in [0, 0.1) is 5.41 Å². The second kappa shape index (κ2) is 7.38. The highest BCUT2D eigenvalue weighted by molar-refractivity contribution is 5.97. The minimum Gasteiger partial charge on any atom is -0.381 e. The fourth-order valence-electron chi connectivity index (χ4n) is 2.52. The topological polar surface area (TPSA) is 93.5 Å². The van der Waals surface area contributed by atoms with Crippen molar-refractivity contribution in [2.24, 2.45) is 11.1 Å². The van der Waals surface area contributed by atoms with Gasteiger partial charge in [-0.2, -0.15) is 0 Å². The van der Waals surface area contributed by atoms with Crippen LogP contribution in [0.4, 0.5) is 5.69 Å². The molecule has 6 nitrogen and oxygen atoms in total. The summed E-state index contributed by atoms with van der Waals surface area (Å²) in [4.78, 5) is 24.2. The number of ether oxygens (including phenoxy) is 1. The van der Waals surface area contributed by atoms with E-state index in [-0.39, 0.29) is 11.8 Å². The maximum absolute atomic E-state index is 12.5. The SMILES string of the molecule is CCNC(=O)c1ccc(NC(=O)C2(CN)CCOCC2)cc1. The van der Waals surface area contributed by atoms with E-state index in [2.05, 4.69) is 10.6 Å². The van der Waals surface area contributed by atoms with Crippen molar-refractivity contribution >= 4 is 17.5 Å². The number of hydrogen-bond acceptors (Lipinski definition) is 4. The van der Waals surface area contributed by atoms with Gasteiger partial charge in [-0.05, 0) is 44.0 Å². The molecule has 0 aromatic heterocycles. The van der Waals surface area contributed by atoms with E-state index >= 15 is 0 Å². The monoisotopic (exact) mass is 305 g/mol. The van der Waals surface area contributed by atoms with Crippen LogP contribution in [0.5, 0.6) is 0 Å². The number of nitrogens with two attached hydrogens (primary N) is 1. The molecule has 1 fully saturated rings. The van der Waals surface area contributed by atoms with Crippen LogP contribution < -0.4 is 16.4 Å². The van der Waals surface area contributed by atoms with Gasteiger partial charge in [-0.1, -0.05) is 0 Å². The number of rotatable bonds is 5. The van der Waals surface area contributed by atoms with Gasteiger partial charge >= 0.3 is 0 Å². The molecule has 1 saturated heterocycles. The summed E-state index contributed by atoms with van der Waals surface area (Å²) in [6, 6.07) is 6.84. The van der Waals surface area contributed by atoms with Gasteiger partial charge in [0.1, 0.15) is 0 Å². The average Bonchev–Trinajstić information content (AvgIpc) is 2.56. The molecule has 6 heteroatoms. The van der Waals surface area contributed by atoms with Crippen molar-refractivity contribution in [2.45, 2.75) is 19.8 Å². The summed E-state index contributed by atoms with van der Waals surface area (Å²) in [6.45, 7) is 3.87. The average molecular weight is 305 g/mol. The predicted octanol–water partition coefficient (Wildman–Crippen LogP) is 1.13. The summed E-state index contributed by atoms with van der Waals surface area (Å²) >= 11 is 0. The molecular weight excluding hydrogens is 282 g/mol. The first-order valence-corrected chi connectivity index (χ1v) is 7.59. The fourth-order valence-corrected chi connectivity index (χ4v) is 2.52. The Morgan fingerprint density at radius 2 is 1.86 bits per heavy atom. The van der Waals surface area contributed by atoms with E-state index in [1.165, 1.54) is 0 Å². The van der Waals surface area contributed by atoms with Gasteiger partial charge in [0.15, 0.2) is 0 Å². The van der Waals surface area contributed by atoms with Crippen LogP contribution in [0.15, 0.2) is 24.3 Å². The van der Waals surface area contributed by atoms with Crippen LogP contribution in [0.25, 0.3) is 0 Å². The van der Waals surface area contributed by atoms with E-state index in [4.69, 9.17) is 10.5 Å². The first kappa shape index (κ1) is 16.5. The molecule has 0 saturated carbocycles. The molecule has 2 rings (SSSR count).